The van der Waals surface area contributed by atoms with Crippen LogP contribution in [0, 0.1) is 0 Å². The van der Waals surface area contributed by atoms with Gasteiger partial charge in [-0.25, -0.2) is 13.1 Å². The molecule has 0 heterocycles. The summed E-state index contributed by atoms with van der Waals surface area (Å²) >= 11 is 0. The molecule has 0 rings (SSSR count). The first-order chi connectivity index (χ1) is 5.92. The van der Waals surface area contributed by atoms with Crippen LogP contribution in [0.4, 0.5) is 0 Å². The third-order valence-corrected chi connectivity index (χ3v) is 2.05. The molecule has 0 aromatic rings. The highest BCUT2D eigenvalue weighted by Crippen LogP contribution is 1.84. The average Bonchev–Trinajstić information content (AvgIpc) is 1.93. The van der Waals surface area contributed by atoms with Crippen LogP contribution in [0.1, 0.15) is 13.8 Å². The van der Waals surface area contributed by atoms with Crippen molar-refractivity contribution in [1.29, 1.82) is 0 Å². The van der Waals surface area contributed by atoms with E-state index < -0.39 is 10.0 Å². The third-order valence-electron chi connectivity index (χ3n) is 1.32. The zero-order valence-corrected chi connectivity index (χ0v) is 9.24. The molecule has 0 saturated carbocycles. The molecule has 0 unspecified atom stereocenters. The van der Waals surface area contributed by atoms with E-state index in [-0.39, 0.29) is 0 Å². The molecule has 0 amide bonds. The van der Waals surface area contributed by atoms with Crippen molar-refractivity contribution in [2.24, 2.45) is 0 Å². The lowest BCUT2D eigenvalue weighted by Crippen LogP contribution is -2.31. The SMILES string of the molecule is CC(C)=CCNCCNS(C)(=O)=O. The van der Waals surface area contributed by atoms with Crippen LogP contribution in [0.25, 0.3) is 0 Å². The number of hydrogen-bond donors (Lipinski definition) is 2. The van der Waals surface area contributed by atoms with Gasteiger partial charge in [0, 0.05) is 19.6 Å². The van der Waals surface area contributed by atoms with Gasteiger partial charge in [0.15, 0.2) is 0 Å². The number of allylic oxidation sites excluding steroid dienone is 1. The highest BCUT2D eigenvalue weighted by molar-refractivity contribution is 7.88. The van der Waals surface area contributed by atoms with Gasteiger partial charge in [-0.3, -0.25) is 0 Å². The van der Waals surface area contributed by atoms with Gasteiger partial charge in [-0.15, -0.1) is 0 Å². The maximum Gasteiger partial charge on any atom is 0.208 e. The minimum atomic E-state index is -3.03. The summed E-state index contributed by atoms with van der Waals surface area (Å²) in [5.74, 6) is 0. The smallest absolute Gasteiger partial charge is 0.208 e. The molecule has 0 radical (unpaired) electrons. The molecule has 2 N–H and O–H groups in total. The molecule has 4 nitrogen and oxygen atoms in total. The van der Waals surface area contributed by atoms with Crippen molar-refractivity contribution in [2.45, 2.75) is 13.8 Å². The molecule has 0 spiro atoms. The number of rotatable bonds is 6. The van der Waals surface area contributed by atoms with Gasteiger partial charge in [-0.2, -0.15) is 0 Å². The average molecular weight is 206 g/mol. The summed E-state index contributed by atoms with van der Waals surface area (Å²) in [6, 6.07) is 0. The van der Waals surface area contributed by atoms with E-state index in [1.54, 1.807) is 0 Å². The molecule has 0 bridgehead atoms. The van der Waals surface area contributed by atoms with Crippen molar-refractivity contribution in [3.05, 3.63) is 11.6 Å². The summed E-state index contributed by atoms with van der Waals surface area (Å²) in [5.41, 5.74) is 1.25. The van der Waals surface area contributed by atoms with Crippen molar-refractivity contribution < 1.29 is 8.42 Å². The van der Waals surface area contributed by atoms with Gasteiger partial charge in [-0.1, -0.05) is 11.6 Å². The molecule has 0 aromatic carbocycles. The van der Waals surface area contributed by atoms with Gasteiger partial charge in [0.2, 0.25) is 10.0 Å². The predicted octanol–water partition coefficient (Wildman–Crippen LogP) is 0.0914. The lowest BCUT2D eigenvalue weighted by molar-refractivity contribution is 0.584. The van der Waals surface area contributed by atoms with Crippen LogP contribution in [-0.2, 0) is 10.0 Å². The van der Waals surface area contributed by atoms with Gasteiger partial charge in [0.05, 0.1) is 6.26 Å². The second kappa shape index (κ2) is 6.12. The van der Waals surface area contributed by atoms with Crippen LogP contribution >= 0.6 is 0 Å². The first kappa shape index (κ1) is 12.6. The Balaban J connectivity index is 3.33. The first-order valence-corrected chi connectivity index (χ1v) is 6.09. The van der Waals surface area contributed by atoms with E-state index in [0.29, 0.717) is 13.1 Å². The summed E-state index contributed by atoms with van der Waals surface area (Å²) in [6.45, 7) is 5.92. The van der Waals surface area contributed by atoms with Gasteiger partial charge >= 0.3 is 0 Å². The Morgan fingerprint density at radius 2 is 1.92 bits per heavy atom. The summed E-state index contributed by atoms with van der Waals surface area (Å²) < 4.78 is 23.6. The monoisotopic (exact) mass is 206 g/mol. The second-order valence-electron chi connectivity index (χ2n) is 3.15. The van der Waals surface area contributed by atoms with Crippen LogP contribution < -0.4 is 10.0 Å². The largest absolute Gasteiger partial charge is 0.312 e. The number of sulfonamides is 1. The van der Waals surface area contributed by atoms with Gasteiger partial charge in [0.25, 0.3) is 0 Å². The fourth-order valence-electron chi connectivity index (χ4n) is 0.703. The summed E-state index contributed by atoms with van der Waals surface area (Å²) in [7, 11) is -3.03. The minimum absolute atomic E-state index is 0.440. The van der Waals surface area contributed by atoms with E-state index in [2.05, 4.69) is 16.1 Å². The van der Waals surface area contributed by atoms with Crippen LogP contribution in [0.5, 0.6) is 0 Å². The lowest BCUT2D eigenvalue weighted by atomic mass is 10.3. The zero-order valence-electron chi connectivity index (χ0n) is 8.42. The van der Waals surface area contributed by atoms with Crippen molar-refractivity contribution in [3.8, 4) is 0 Å². The Morgan fingerprint density at radius 3 is 2.38 bits per heavy atom. The van der Waals surface area contributed by atoms with E-state index in [9.17, 15) is 8.42 Å². The Bertz CT molecular complexity index is 253. The quantitative estimate of drug-likeness (QED) is 0.478. The van der Waals surface area contributed by atoms with Crippen LogP contribution in [0.15, 0.2) is 11.6 Å². The van der Waals surface area contributed by atoms with E-state index in [1.165, 1.54) is 5.57 Å². The first-order valence-electron chi connectivity index (χ1n) is 4.20. The fraction of sp³-hybridized carbons (Fsp3) is 0.750. The molecule has 0 atom stereocenters. The number of hydrogen-bond acceptors (Lipinski definition) is 3. The Hall–Kier alpha value is -0.390. The van der Waals surface area contributed by atoms with Crippen LogP contribution in [0.3, 0.4) is 0 Å². The summed E-state index contributed by atoms with van der Waals surface area (Å²) in [4.78, 5) is 0. The number of nitrogens with one attached hydrogen (secondary N) is 2. The topological polar surface area (TPSA) is 58.2 Å². The van der Waals surface area contributed by atoms with Crippen molar-refractivity contribution in [1.82, 2.24) is 10.0 Å². The third kappa shape index (κ3) is 11.6. The van der Waals surface area contributed by atoms with Crippen molar-refractivity contribution >= 4 is 10.0 Å². The van der Waals surface area contributed by atoms with Crippen molar-refractivity contribution in [2.75, 3.05) is 25.9 Å². The summed E-state index contributed by atoms with van der Waals surface area (Å²) in [5, 5.41) is 3.09. The molecular formula is C8H18N2O2S. The van der Waals surface area contributed by atoms with Crippen molar-refractivity contribution in [3.63, 3.8) is 0 Å². The van der Waals surface area contributed by atoms with Gasteiger partial charge in [0.1, 0.15) is 0 Å². The molecular weight excluding hydrogens is 188 g/mol. The lowest BCUT2D eigenvalue weighted by Gasteiger charge is -2.02. The van der Waals surface area contributed by atoms with Crippen LogP contribution in [0.2, 0.25) is 0 Å². The minimum Gasteiger partial charge on any atom is -0.312 e. The standard InChI is InChI=1S/C8H18N2O2S/c1-8(2)4-5-9-6-7-10-13(3,11)12/h4,9-10H,5-7H2,1-3H3. The molecule has 0 aliphatic carbocycles. The van der Waals surface area contributed by atoms with Gasteiger partial charge < -0.3 is 5.32 Å². The van der Waals surface area contributed by atoms with E-state index in [0.717, 1.165) is 12.8 Å². The maximum atomic E-state index is 10.6. The molecule has 78 valence electrons. The molecule has 5 heteroatoms. The highest BCUT2D eigenvalue weighted by atomic mass is 32.2. The van der Waals surface area contributed by atoms with Gasteiger partial charge in [-0.05, 0) is 13.8 Å². The Morgan fingerprint density at radius 1 is 1.31 bits per heavy atom. The molecule has 0 fully saturated rings. The van der Waals surface area contributed by atoms with E-state index in [4.69, 9.17) is 0 Å². The fourth-order valence-corrected chi connectivity index (χ4v) is 1.18. The molecule has 0 aliphatic heterocycles. The molecule has 13 heavy (non-hydrogen) atoms. The van der Waals surface area contributed by atoms with E-state index in [1.807, 2.05) is 13.8 Å². The summed E-state index contributed by atoms with van der Waals surface area (Å²) in [6.07, 6.45) is 3.21. The Kier molecular flexibility index (Phi) is 5.94. The maximum absolute atomic E-state index is 10.6. The molecule has 0 aliphatic rings. The predicted molar refractivity (Wildman–Crippen MR) is 55.1 cm³/mol. The molecule has 0 saturated heterocycles. The van der Waals surface area contributed by atoms with E-state index >= 15 is 0 Å². The normalized spacial score (nSPS) is 11.3. The van der Waals surface area contributed by atoms with Crippen LogP contribution in [-0.4, -0.2) is 34.3 Å². The highest BCUT2D eigenvalue weighted by Gasteiger charge is 1.96. The molecule has 0 aromatic heterocycles. The Labute approximate surface area is 80.5 Å². The second-order valence-corrected chi connectivity index (χ2v) is 4.99. The zero-order chi connectivity index (χ0) is 10.3.